The smallest absolute Gasteiger partial charge is 0.158 e. The number of nitrogens with two attached hydrogens (primary N) is 1. The number of hydrogen-bond donors (Lipinski definition) is 2. The van der Waals surface area contributed by atoms with Crippen LogP contribution in [0.4, 0.5) is 11.5 Å². The van der Waals surface area contributed by atoms with Crippen molar-refractivity contribution in [1.29, 1.82) is 0 Å². The molecule has 7 heteroatoms. The highest BCUT2D eigenvalue weighted by atomic mass is 16.1. The van der Waals surface area contributed by atoms with Crippen LogP contribution in [-0.4, -0.2) is 44.4 Å². The van der Waals surface area contributed by atoms with Crippen LogP contribution in [0.2, 0.25) is 0 Å². The van der Waals surface area contributed by atoms with E-state index >= 15 is 0 Å². The number of terminal acetylenes is 1. The third-order valence-corrected chi connectivity index (χ3v) is 5.50. The number of hydrogen-bond acceptors (Lipinski definition) is 6. The number of ketones is 1. The molecule has 2 aromatic heterocycles. The molecule has 0 amide bonds. The van der Waals surface area contributed by atoms with Crippen molar-refractivity contribution >= 4 is 22.8 Å². The van der Waals surface area contributed by atoms with Crippen LogP contribution < -0.4 is 11.1 Å². The van der Waals surface area contributed by atoms with Crippen LogP contribution in [0.5, 0.6) is 0 Å². The maximum Gasteiger partial charge on any atom is 0.158 e. The average Bonchev–Trinajstić information content (AvgIpc) is 3.13. The maximum atomic E-state index is 11.9. The Labute approximate surface area is 169 Å². The number of carbonyl (C=O) groups is 1. The van der Waals surface area contributed by atoms with Crippen LogP contribution in [0.15, 0.2) is 42.9 Å². The molecule has 0 spiro atoms. The molecule has 0 unspecified atom stereocenters. The van der Waals surface area contributed by atoms with Crippen LogP contribution in [-0.2, 0) is 11.3 Å². The lowest BCUT2D eigenvalue weighted by Crippen LogP contribution is -2.49. The van der Waals surface area contributed by atoms with Gasteiger partial charge in [0.1, 0.15) is 17.6 Å². The number of Topliss-reactive ketones (excluding diaryl/α,β-unsaturated/α-hetero) is 1. The van der Waals surface area contributed by atoms with Gasteiger partial charge in [-0.15, -0.1) is 6.42 Å². The molecule has 0 aliphatic carbocycles. The van der Waals surface area contributed by atoms with E-state index in [1.54, 1.807) is 6.92 Å². The summed E-state index contributed by atoms with van der Waals surface area (Å²) in [5.41, 5.74) is 9.82. The van der Waals surface area contributed by atoms with Crippen molar-refractivity contribution in [3.8, 4) is 12.3 Å². The summed E-state index contributed by atoms with van der Waals surface area (Å²) in [4.78, 5) is 18.7. The topological polar surface area (TPSA) is 88.6 Å². The monoisotopic (exact) mass is 388 g/mol. The predicted octanol–water partition coefficient (Wildman–Crippen LogP) is 2.19. The molecule has 3 heterocycles. The van der Waals surface area contributed by atoms with Gasteiger partial charge in [0.05, 0.1) is 0 Å². The molecule has 148 valence electrons. The van der Waals surface area contributed by atoms with E-state index in [2.05, 4.69) is 26.2 Å². The largest absolute Gasteiger partial charge is 0.338 e. The molecular formula is C22H24N6O. The Morgan fingerprint density at radius 2 is 2.28 bits per heavy atom. The normalized spacial score (nSPS) is 19.8. The summed E-state index contributed by atoms with van der Waals surface area (Å²) in [5, 5.41) is 7.69. The number of nitrogens with zero attached hydrogens (tertiary/aromatic N) is 4. The fourth-order valence-electron chi connectivity index (χ4n) is 3.91. The number of piperidine rings is 1. The minimum atomic E-state index is -0.113. The minimum Gasteiger partial charge on any atom is -0.338 e. The van der Waals surface area contributed by atoms with Gasteiger partial charge in [-0.05, 0) is 43.2 Å². The van der Waals surface area contributed by atoms with Gasteiger partial charge in [-0.2, -0.15) is 5.10 Å². The molecule has 1 aliphatic rings. The van der Waals surface area contributed by atoms with Crippen LogP contribution in [0.25, 0.3) is 5.52 Å². The number of anilines is 2. The van der Waals surface area contributed by atoms with Crippen LogP contribution in [0.1, 0.15) is 24.5 Å². The quantitative estimate of drug-likeness (QED) is 0.652. The Bertz CT molecular complexity index is 1080. The van der Waals surface area contributed by atoms with Gasteiger partial charge in [0.25, 0.3) is 0 Å². The minimum absolute atomic E-state index is 0.0569. The number of nitrogens with one attached hydrogen (secondary N) is 1. The second kappa shape index (κ2) is 8.03. The maximum absolute atomic E-state index is 11.9. The van der Waals surface area contributed by atoms with Gasteiger partial charge < -0.3 is 11.1 Å². The summed E-state index contributed by atoms with van der Waals surface area (Å²) in [6, 6.07) is 9.64. The molecule has 29 heavy (non-hydrogen) atoms. The van der Waals surface area contributed by atoms with E-state index in [4.69, 9.17) is 12.2 Å². The van der Waals surface area contributed by atoms with Crippen molar-refractivity contribution in [3.63, 3.8) is 0 Å². The standard InChI is InChI=1S/C22H24N6O/c1-3-16-5-4-6-18(11-16)26-22-21-17(7-10-28(21)25-14-24-22)12-27-9-8-20(23)19(13-27)15(2)29/h1,4-7,10-11,14,19-20H,8-9,12-13,23H2,2H3,(H,24,25,26)/t19-,20-/m1/s1. The molecule has 2 atom stereocenters. The van der Waals surface area contributed by atoms with Crippen LogP contribution in [0.3, 0.4) is 0 Å². The van der Waals surface area contributed by atoms with E-state index in [9.17, 15) is 4.79 Å². The first kappa shape index (κ1) is 19.1. The van der Waals surface area contributed by atoms with Crippen LogP contribution >= 0.6 is 0 Å². The van der Waals surface area contributed by atoms with E-state index in [-0.39, 0.29) is 17.7 Å². The van der Waals surface area contributed by atoms with Gasteiger partial charge in [-0.3, -0.25) is 9.69 Å². The molecule has 7 nitrogen and oxygen atoms in total. The fourth-order valence-corrected chi connectivity index (χ4v) is 3.91. The lowest BCUT2D eigenvalue weighted by atomic mass is 9.89. The SMILES string of the molecule is C#Cc1cccc(Nc2ncnn3ccc(CN4CC[C@@H](N)[C@@H](C(C)=O)C4)c23)c1. The van der Waals surface area contributed by atoms with Gasteiger partial charge >= 0.3 is 0 Å². The third-order valence-electron chi connectivity index (χ3n) is 5.50. The molecule has 4 rings (SSSR count). The summed E-state index contributed by atoms with van der Waals surface area (Å²) < 4.78 is 1.81. The van der Waals surface area contributed by atoms with Gasteiger partial charge in [0.2, 0.25) is 0 Å². The molecule has 0 radical (unpaired) electrons. The summed E-state index contributed by atoms with van der Waals surface area (Å²) in [7, 11) is 0. The van der Waals surface area contributed by atoms with E-state index in [1.165, 1.54) is 6.33 Å². The number of aromatic nitrogens is 3. The zero-order valence-corrected chi connectivity index (χ0v) is 16.4. The molecule has 1 saturated heterocycles. The zero-order chi connectivity index (χ0) is 20.4. The Hall–Kier alpha value is -3.21. The molecule has 1 aliphatic heterocycles. The number of carbonyl (C=O) groups excluding carboxylic acids is 1. The summed E-state index contributed by atoms with van der Waals surface area (Å²) in [6.45, 7) is 3.87. The van der Waals surface area contributed by atoms with E-state index in [0.29, 0.717) is 18.9 Å². The summed E-state index contributed by atoms with van der Waals surface area (Å²) in [6.07, 6.45) is 9.77. The first-order chi connectivity index (χ1) is 14.0. The molecular weight excluding hydrogens is 364 g/mol. The average molecular weight is 388 g/mol. The highest BCUT2D eigenvalue weighted by Crippen LogP contribution is 2.26. The lowest BCUT2D eigenvalue weighted by Gasteiger charge is -2.35. The Morgan fingerprint density at radius 3 is 3.07 bits per heavy atom. The number of benzene rings is 1. The first-order valence-electron chi connectivity index (χ1n) is 9.68. The second-order valence-corrected chi connectivity index (χ2v) is 7.50. The van der Waals surface area contributed by atoms with Gasteiger partial charge in [0, 0.05) is 49.0 Å². The molecule has 0 saturated carbocycles. The van der Waals surface area contributed by atoms with Crippen molar-refractivity contribution in [2.45, 2.75) is 25.9 Å². The Morgan fingerprint density at radius 1 is 1.41 bits per heavy atom. The summed E-state index contributed by atoms with van der Waals surface area (Å²) in [5.74, 6) is 3.40. The zero-order valence-electron chi connectivity index (χ0n) is 16.4. The highest BCUT2D eigenvalue weighted by molar-refractivity contribution is 5.79. The van der Waals surface area contributed by atoms with Crippen LogP contribution in [0, 0.1) is 18.3 Å². The van der Waals surface area contributed by atoms with Crippen molar-refractivity contribution in [2.75, 3.05) is 18.4 Å². The second-order valence-electron chi connectivity index (χ2n) is 7.50. The van der Waals surface area contributed by atoms with E-state index < -0.39 is 0 Å². The van der Waals surface area contributed by atoms with Crippen molar-refractivity contribution in [1.82, 2.24) is 19.5 Å². The highest BCUT2D eigenvalue weighted by Gasteiger charge is 2.30. The third kappa shape index (κ3) is 3.99. The van der Waals surface area contributed by atoms with Crippen molar-refractivity contribution < 1.29 is 4.79 Å². The van der Waals surface area contributed by atoms with E-state index in [0.717, 1.165) is 35.3 Å². The summed E-state index contributed by atoms with van der Waals surface area (Å²) >= 11 is 0. The van der Waals surface area contributed by atoms with Crippen molar-refractivity contribution in [2.24, 2.45) is 11.7 Å². The Kier molecular flexibility index (Phi) is 5.30. The van der Waals surface area contributed by atoms with Gasteiger partial charge in [-0.25, -0.2) is 9.50 Å². The lowest BCUT2D eigenvalue weighted by molar-refractivity contribution is -0.123. The molecule has 3 N–H and O–H groups in total. The van der Waals surface area contributed by atoms with Gasteiger partial charge in [-0.1, -0.05) is 12.0 Å². The Balaban J connectivity index is 1.61. The number of rotatable bonds is 5. The molecule has 3 aromatic rings. The number of likely N-dealkylation sites (tertiary alicyclic amines) is 1. The molecule has 1 fully saturated rings. The van der Waals surface area contributed by atoms with Gasteiger partial charge in [0.15, 0.2) is 5.82 Å². The first-order valence-corrected chi connectivity index (χ1v) is 9.68. The number of fused-ring (bicyclic) bond motifs is 1. The molecule has 1 aromatic carbocycles. The predicted molar refractivity (Wildman–Crippen MR) is 113 cm³/mol. The fraction of sp³-hybridized carbons (Fsp3) is 0.318. The molecule has 0 bridgehead atoms. The van der Waals surface area contributed by atoms with E-state index in [1.807, 2.05) is 41.0 Å². The van der Waals surface area contributed by atoms with Crippen molar-refractivity contribution in [3.05, 3.63) is 54.0 Å².